The normalized spacial score (nSPS) is 11.0. The van der Waals surface area contributed by atoms with Crippen molar-refractivity contribution in [3.05, 3.63) is 48.5 Å². The van der Waals surface area contributed by atoms with Crippen LogP contribution in [0.5, 0.6) is 23.0 Å². The van der Waals surface area contributed by atoms with Crippen LogP contribution in [0.1, 0.15) is 0 Å². The Kier molecular flexibility index (Phi) is 4.02. The molecule has 6 heteroatoms. The maximum absolute atomic E-state index is 12.1. The number of ether oxygens (including phenoxy) is 3. The molecule has 0 bridgehead atoms. The topological polar surface area (TPSA) is 27.7 Å². The zero-order chi connectivity index (χ0) is 14.6. The zero-order valence-electron chi connectivity index (χ0n) is 10.4. The van der Waals surface area contributed by atoms with Crippen molar-refractivity contribution < 1.29 is 27.4 Å². The van der Waals surface area contributed by atoms with E-state index >= 15 is 0 Å². The summed E-state index contributed by atoms with van der Waals surface area (Å²) < 4.78 is 50.4. The van der Waals surface area contributed by atoms with E-state index in [2.05, 4.69) is 10.8 Å². The van der Waals surface area contributed by atoms with Crippen molar-refractivity contribution in [2.75, 3.05) is 7.11 Å². The van der Waals surface area contributed by atoms with Crippen LogP contribution in [-0.4, -0.2) is 13.5 Å². The second-order valence-electron chi connectivity index (χ2n) is 3.71. The highest BCUT2D eigenvalue weighted by Crippen LogP contribution is 2.29. The van der Waals surface area contributed by atoms with E-state index in [4.69, 9.17) is 9.47 Å². The number of methoxy groups -OCH3 is 1. The first-order chi connectivity index (χ1) is 9.46. The number of hydrogen-bond acceptors (Lipinski definition) is 3. The van der Waals surface area contributed by atoms with E-state index in [0.717, 1.165) is 12.1 Å². The molecule has 3 nitrogen and oxygen atoms in total. The SMILES string of the molecule is COc1ccc(Oc2[c]ccc(OC(F)(F)F)c2)cc1. The highest BCUT2D eigenvalue weighted by Gasteiger charge is 2.31. The van der Waals surface area contributed by atoms with Gasteiger partial charge in [-0.1, -0.05) is 0 Å². The van der Waals surface area contributed by atoms with E-state index in [0.29, 0.717) is 11.5 Å². The largest absolute Gasteiger partial charge is 0.573 e. The number of benzene rings is 2. The molecule has 0 saturated heterocycles. The molecule has 1 radical (unpaired) electrons. The van der Waals surface area contributed by atoms with Crippen molar-refractivity contribution in [1.29, 1.82) is 0 Å². The van der Waals surface area contributed by atoms with Crippen LogP contribution in [0.4, 0.5) is 13.2 Å². The fourth-order valence-corrected chi connectivity index (χ4v) is 1.45. The molecular formula is C14H10F3O3. The highest BCUT2D eigenvalue weighted by atomic mass is 19.4. The Labute approximate surface area is 113 Å². The number of halogens is 3. The molecule has 2 aromatic rings. The summed E-state index contributed by atoms with van der Waals surface area (Å²) in [5.74, 6) is 0.860. The van der Waals surface area contributed by atoms with Crippen molar-refractivity contribution in [2.24, 2.45) is 0 Å². The van der Waals surface area contributed by atoms with Gasteiger partial charge in [-0.05, 0) is 36.4 Å². The molecule has 2 aromatic carbocycles. The smallest absolute Gasteiger partial charge is 0.497 e. The Morgan fingerprint density at radius 1 is 0.950 bits per heavy atom. The van der Waals surface area contributed by atoms with Crippen LogP contribution < -0.4 is 14.2 Å². The summed E-state index contributed by atoms with van der Waals surface area (Å²) in [6, 6.07) is 12.8. The van der Waals surface area contributed by atoms with Gasteiger partial charge < -0.3 is 14.2 Å². The lowest BCUT2D eigenvalue weighted by atomic mass is 10.3. The Morgan fingerprint density at radius 3 is 2.20 bits per heavy atom. The molecule has 105 valence electrons. The minimum absolute atomic E-state index is 0.122. The molecule has 0 fully saturated rings. The van der Waals surface area contributed by atoms with Crippen molar-refractivity contribution >= 4 is 0 Å². The molecule has 2 rings (SSSR count). The summed E-state index contributed by atoms with van der Waals surface area (Å²) >= 11 is 0. The van der Waals surface area contributed by atoms with Crippen LogP contribution in [0, 0.1) is 6.07 Å². The highest BCUT2D eigenvalue weighted by molar-refractivity contribution is 5.38. The summed E-state index contributed by atoms with van der Waals surface area (Å²) in [7, 11) is 1.53. The van der Waals surface area contributed by atoms with Crippen molar-refractivity contribution in [3.8, 4) is 23.0 Å². The van der Waals surface area contributed by atoms with Crippen molar-refractivity contribution in [2.45, 2.75) is 6.36 Å². The quantitative estimate of drug-likeness (QED) is 0.842. The van der Waals surface area contributed by atoms with Gasteiger partial charge >= 0.3 is 6.36 Å². The summed E-state index contributed by atoms with van der Waals surface area (Å²) in [4.78, 5) is 0. The third kappa shape index (κ3) is 4.08. The minimum Gasteiger partial charge on any atom is -0.497 e. The summed E-state index contributed by atoms with van der Waals surface area (Å²) in [6.45, 7) is 0. The molecule has 0 saturated carbocycles. The molecule has 0 aromatic heterocycles. The van der Waals surface area contributed by atoms with Gasteiger partial charge in [-0.25, -0.2) is 0 Å². The maximum Gasteiger partial charge on any atom is 0.573 e. The molecule has 0 aliphatic carbocycles. The van der Waals surface area contributed by atoms with Crippen molar-refractivity contribution in [1.82, 2.24) is 0 Å². The average Bonchev–Trinajstić information content (AvgIpc) is 2.38. The van der Waals surface area contributed by atoms with E-state index in [1.165, 1.54) is 13.2 Å². The van der Waals surface area contributed by atoms with E-state index in [1.54, 1.807) is 24.3 Å². The predicted octanol–water partition coefficient (Wildman–Crippen LogP) is 4.19. The van der Waals surface area contributed by atoms with Gasteiger partial charge in [0.15, 0.2) is 0 Å². The Balaban J connectivity index is 2.10. The van der Waals surface area contributed by atoms with Crippen LogP contribution in [0.15, 0.2) is 42.5 Å². The van der Waals surface area contributed by atoms with Crippen LogP contribution in [-0.2, 0) is 0 Å². The van der Waals surface area contributed by atoms with Crippen molar-refractivity contribution in [3.63, 3.8) is 0 Å². The van der Waals surface area contributed by atoms with E-state index in [9.17, 15) is 13.2 Å². The van der Waals surface area contributed by atoms with Gasteiger partial charge in [0.1, 0.15) is 23.0 Å². The summed E-state index contributed by atoms with van der Waals surface area (Å²) in [5.41, 5.74) is 0. The first-order valence-electron chi connectivity index (χ1n) is 5.56. The van der Waals surface area contributed by atoms with Gasteiger partial charge in [-0.3, -0.25) is 0 Å². The fourth-order valence-electron chi connectivity index (χ4n) is 1.45. The predicted molar refractivity (Wildman–Crippen MR) is 65.0 cm³/mol. The second-order valence-corrected chi connectivity index (χ2v) is 3.71. The van der Waals surface area contributed by atoms with E-state index in [-0.39, 0.29) is 11.5 Å². The van der Waals surface area contributed by atoms with Gasteiger partial charge in [-0.15, -0.1) is 13.2 Å². The van der Waals surface area contributed by atoms with Crippen LogP contribution in [0.25, 0.3) is 0 Å². The molecule has 0 aliphatic heterocycles. The first-order valence-corrected chi connectivity index (χ1v) is 5.56. The average molecular weight is 283 g/mol. The monoisotopic (exact) mass is 283 g/mol. The van der Waals surface area contributed by atoms with E-state index in [1.807, 2.05) is 0 Å². The Morgan fingerprint density at radius 2 is 1.60 bits per heavy atom. The van der Waals surface area contributed by atoms with Gasteiger partial charge in [0.2, 0.25) is 0 Å². The number of rotatable bonds is 4. The molecule has 0 heterocycles. The molecule has 0 amide bonds. The van der Waals surface area contributed by atoms with Crippen LogP contribution in [0.2, 0.25) is 0 Å². The molecule has 0 atom stereocenters. The first kappa shape index (κ1) is 14.0. The Hall–Kier alpha value is -2.37. The fraction of sp³-hybridized carbons (Fsp3) is 0.143. The van der Waals surface area contributed by atoms with Gasteiger partial charge in [-0.2, -0.15) is 0 Å². The number of alkyl halides is 3. The molecule has 0 unspecified atom stereocenters. The zero-order valence-corrected chi connectivity index (χ0v) is 10.4. The van der Waals surface area contributed by atoms with Crippen LogP contribution in [0.3, 0.4) is 0 Å². The Bertz CT molecular complexity index is 565. The standard InChI is InChI=1S/C14H10F3O3/c1-18-10-5-7-11(8-6-10)19-12-3-2-4-13(9-12)20-14(15,16)17/h2,4-9H,1H3. The van der Waals surface area contributed by atoms with Crippen LogP contribution >= 0.6 is 0 Å². The van der Waals surface area contributed by atoms with Gasteiger partial charge in [0.25, 0.3) is 0 Å². The third-order valence-electron chi connectivity index (χ3n) is 2.27. The summed E-state index contributed by atoms with van der Waals surface area (Å²) in [5, 5.41) is 0. The lowest BCUT2D eigenvalue weighted by Gasteiger charge is -2.10. The minimum atomic E-state index is -4.74. The van der Waals surface area contributed by atoms with Gasteiger partial charge in [0, 0.05) is 12.1 Å². The molecule has 20 heavy (non-hydrogen) atoms. The third-order valence-corrected chi connectivity index (χ3v) is 2.27. The van der Waals surface area contributed by atoms with E-state index < -0.39 is 6.36 Å². The lowest BCUT2D eigenvalue weighted by Crippen LogP contribution is -2.17. The molecular weight excluding hydrogens is 273 g/mol. The van der Waals surface area contributed by atoms with Gasteiger partial charge in [0.05, 0.1) is 7.11 Å². The molecule has 0 aliphatic rings. The maximum atomic E-state index is 12.1. The lowest BCUT2D eigenvalue weighted by molar-refractivity contribution is -0.274. The number of hydrogen-bond donors (Lipinski definition) is 0. The second kappa shape index (κ2) is 5.73. The molecule has 0 N–H and O–H groups in total. The molecule has 0 spiro atoms. The summed E-state index contributed by atoms with van der Waals surface area (Å²) in [6.07, 6.45) is -4.74.